The minimum absolute atomic E-state index is 0.191. The number of hydrogen-bond acceptors (Lipinski definition) is 4. The zero-order chi connectivity index (χ0) is 12.4. The second-order valence-corrected chi connectivity index (χ2v) is 3.19. The lowest BCUT2D eigenvalue weighted by Crippen LogP contribution is -2.16. The predicted octanol–water partition coefficient (Wildman–Crippen LogP) is 1.79. The Balaban J connectivity index is 2.34. The molecule has 0 aliphatic rings. The first-order valence-electron chi connectivity index (χ1n) is 4.54. The molecule has 2 aromatic rings. The van der Waals surface area contributed by atoms with Crippen molar-refractivity contribution in [3.05, 3.63) is 41.8 Å². The van der Waals surface area contributed by atoms with Gasteiger partial charge in [-0.2, -0.15) is 0 Å². The summed E-state index contributed by atoms with van der Waals surface area (Å²) in [6.07, 6.45) is 2.32. The zero-order valence-electron chi connectivity index (χ0n) is 8.41. The van der Waals surface area contributed by atoms with Crippen LogP contribution in [0.1, 0.15) is 10.4 Å². The maximum absolute atomic E-state index is 13.5. The first kappa shape index (κ1) is 11.1. The van der Waals surface area contributed by atoms with Gasteiger partial charge in [0.05, 0.1) is 11.9 Å². The van der Waals surface area contributed by atoms with E-state index in [9.17, 15) is 13.6 Å². The number of aromatic nitrogens is 1. The molecule has 0 saturated heterocycles. The normalized spacial score (nSPS) is 10.2. The number of nitrogens with zero attached hydrogens (tertiary/aromatic N) is 1. The summed E-state index contributed by atoms with van der Waals surface area (Å²) < 4.78 is 31.2. The number of halogens is 2. The third-order valence-corrected chi connectivity index (χ3v) is 2.04. The highest BCUT2D eigenvalue weighted by atomic mass is 19.1. The van der Waals surface area contributed by atoms with Gasteiger partial charge in [-0.25, -0.2) is 8.78 Å². The van der Waals surface area contributed by atoms with Crippen molar-refractivity contribution in [2.75, 3.05) is 11.1 Å². The smallest absolute Gasteiger partial charge is 0.261 e. The third-order valence-electron chi connectivity index (χ3n) is 2.04. The third kappa shape index (κ3) is 2.07. The van der Waals surface area contributed by atoms with Crippen molar-refractivity contribution >= 4 is 17.3 Å². The zero-order valence-corrected chi connectivity index (χ0v) is 8.41. The molecule has 0 aliphatic carbocycles. The molecule has 0 spiro atoms. The maximum Gasteiger partial charge on any atom is 0.261 e. The number of carbonyl (C=O) groups is 1. The van der Waals surface area contributed by atoms with Crippen LogP contribution in [0.25, 0.3) is 0 Å². The predicted molar refractivity (Wildman–Crippen MR) is 55.2 cm³/mol. The van der Waals surface area contributed by atoms with Gasteiger partial charge in [0.15, 0.2) is 5.82 Å². The highest BCUT2D eigenvalue weighted by molar-refractivity contribution is 6.05. The molecule has 17 heavy (non-hydrogen) atoms. The molecular formula is C10H7F2N3O2. The topological polar surface area (TPSA) is 81.2 Å². The summed E-state index contributed by atoms with van der Waals surface area (Å²) in [4.78, 5) is 11.6. The van der Waals surface area contributed by atoms with Gasteiger partial charge in [-0.05, 0) is 12.1 Å². The molecule has 5 nitrogen and oxygen atoms in total. The van der Waals surface area contributed by atoms with Crippen LogP contribution in [0.15, 0.2) is 29.1 Å². The molecule has 1 aromatic carbocycles. The van der Waals surface area contributed by atoms with Crippen molar-refractivity contribution in [3.63, 3.8) is 0 Å². The van der Waals surface area contributed by atoms with Gasteiger partial charge >= 0.3 is 0 Å². The molecule has 0 radical (unpaired) electrons. The summed E-state index contributed by atoms with van der Waals surface area (Å²) in [5, 5.41) is 5.55. The van der Waals surface area contributed by atoms with E-state index in [0.29, 0.717) is 0 Å². The molecule has 0 aliphatic heterocycles. The number of nitrogens with two attached hydrogens (primary N) is 1. The summed E-state index contributed by atoms with van der Waals surface area (Å²) in [7, 11) is 0. The van der Waals surface area contributed by atoms with E-state index < -0.39 is 23.1 Å². The van der Waals surface area contributed by atoms with Gasteiger partial charge in [0, 0.05) is 0 Å². The summed E-state index contributed by atoms with van der Waals surface area (Å²) in [6.45, 7) is 0. The van der Waals surface area contributed by atoms with E-state index >= 15 is 0 Å². The van der Waals surface area contributed by atoms with Crippen molar-refractivity contribution in [1.82, 2.24) is 5.16 Å². The molecular weight excluding hydrogens is 232 g/mol. The van der Waals surface area contributed by atoms with Crippen molar-refractivity contribution in [1.29, 1.82) is 0 Å². The standard InChI is InChI=1S/C10H7F2N3O2/c11-6-1-2-7(13)9(12)8(6)10(16)15-5-3-14-17-4-5/h1-4H,13H2,(H,15,16). The Bertz CT molecular complexity index is 555. The fraction of sp³-hybridized carbons (Fsp3) is 0. The molecule has 2 rings (SSSR count). The number of amides is 1. The largest absolute Gasteiger partial charge is 0.396 e. The SMILES string of the molecule is Nc1ccc(F)c(C(=O)Nc2cnoc2)c1F. The highest BCUT2D eigenvalue weighted by Crippen LogP contribution is 2.19. The lowest BCUT2D eigenvalue weighted by Gasteiger charge is -2.06. The van der Waals surface area contributed by atoms with Gasteiger partial charge in [0.2, 0.25) is 0 Å². The van der Waals surface area contributed by atoms with Gasteiger partial charge in [-0.15, -0.1) is 0 Å². The van der Waals surface area contributed by atoms with Crippen molar-refractivity contribution in [3.8, 4) is 0 Å². The van der Waals surface area contributed by atoms with E-state index in [4.69, 9.17) is 5.73 Å². The number of anilines is 2. The van der Waals surface area contributed by atoms with E-state index in [1.54, 1.807) is 0 Å². The quantitative estimate of drug-likeness (QED) is 0.783. The lowest BCUT2D eigenvalue weighted by atomic mass is 10.1. The van der Waals surface area contributed by atoms with Crippen LogP contribution < -0.4 is 11.1 Å². The number of rotatable bonds is 2. The monoisotopic (exact) mass is 239 g/mol. The van der Waals surface area contributed by atoms with E-state index in [1.165, 1.54) is 6.20 Å². The fourth-order valence-electron chi connectivity index (χ4n) is 1.24. The molecule has 0 atom stereocenters. The Morgan fingerprint density at radius 3 is 2.82 bits per heavy atom. The van der Waals surface area contributed by atoms with Gasteiger partial charge in [0.1, 0.15) is 23.3 Å². The Morgan fingerprint density at radius 2 is 2.18 bits per heavy atom. The number of benzene rings is 1. The van der Waals surface area contributed by atoms with Crippen LogP contribution in [0.2, 0.25) is 0 Å². The summed E-state index contributed by atoms with van der Waals surface area (Å²) in [5.41, 5.74) is 4.39. The van der Waals surface area contributed by atoms with Crippen LogP contribution in [-0.4, -0.2) is 11.1 Å². The number of carbonyl (C=O) groups excluding carboxylic acids is 1. The van der Waals surface area contributed by atoms with E-state index in [0.717, 1.165) is 18.4 Å². The maximum atomic E-state index is 13.5. The second kappa shape index (κ2) is 4.20. The van der Waals surface area contributed by atoms with Crippen LogP contribution in [0, 0.1) is 11.6 Å². The summed E-state index contributed by atoms with van der Waals surface area (Å²) in [5.74, 6) is -3.06. The highest BCUT2D eigenvalue weighted by Gasteiger charge is 2.19. The molecule has 1 amide bonds. The van der Waals surface area contributed by atoms with Crippen LogP contribution in [0.4, 0.5) is 20.2 Å². The van der Waals surface area contributed by atoms with Gasteiger partial charge in [0.25, 0.3) is 5.91 Å². The van der Waals surface area contributed by atoms with Crippen molar-refractivity contribution < 1.29 is 18.1 Å². The molecule has 88 valence electrons. The summed E-state index contributed by atoms with van der Waals surface area (Å²) >= 11 is 0. The molecule has 7 heteroatoms. The average molecular weight is 239 g/mol. The van der Waals surface area contributed by atoms with E-state index in [2.05, 4.69) is 15.0 Å². The van der Waals surface area contributed by atoms with Gasteiger partial charge in [-0.1, -0.05) is 5.16 Å². The number of nitrogens with one attached hydrogen (secondary N) is 1. The number of hydrogen-bond donors (Lipinski definition) is 2. The Hall–Kier alpha value is -2.44. The first-order chi connectivity index (χ1) is 8.09. The molecule has 0 bridgehead atoms. The van der Waals surface area contributed by atoms with Crippen LogP contribution in [0.5, 0.6) is 0 Å². The second-order valence-electron chi connectivity index (χ2n) is 3.19. The minimum atomic E-state index is -1.10. The van der Waals surface area contributed by atoms with Crippen molar-refractivity contribution in [2.24, 2.45) is 0 Å². The van der Waals surface area contributed by atoms with Crippen LogP contribution >= 0.6 is 0 Å². The first-order valence-corrected chi connectivity index (χ1v) is 4.54. The lowest BCUT2D eigenvalue weighted by molar-refractivity contribution is 0.101. The Kier molecular flexibility index (Phi) is 2.73. The van der Waals surface area contributed by atoms with E-state index in [1.807, 2.05) is 0 Å². The molecule has 1 heterocycles. The molecule has 3 N–H and O–H groups in total. The van der Waals surface area contributed by atoms with E-state index in [-0.39, 0.29) is 11.4 Å². The Labute approximate surface area is 94.2 Å². The van der Waals surface area contributed by atoms with Crippen LogP contribution in [0.3, 0.4) is 0 Å². The fourth-order valence-corrected chi connectivity index (χ4v) is 1.24. The molecule has 0 fully saturated rings. The molecule has 0 unspecified atom stereocenters. The van der Waals surface area contributed by atoms with Gasteiger partial charge < -0.3 is 15.6 Å². The minimum Gasteiger partial charge on any atom is -0.396 e. The average Bonchev–Trinajstić information content (AvgIpc) is 2.77. The van der Waals surface area contributed by atoms with Gasteiger partial charge in [-0.3, -0.25) is 4.79 Å². The van der Waals surface area contributed by atoms with Crippen molar-refractivity contribution in [2.45, 2.75) is 0 Å². The van der Waals surface area contributed by atoms with Crippen LogP contribution in [-0.2, 0) is 0 Å². The molecule has 1 aromatic heterocycles. The summed E-state index contributed by atoms with van der Waals surface area (Å²) in [6, 6.07) is 1.96. The Morgan fingerprint density at radius 1 is 1.41 bits per heavy atom. The number of nitrogen functional groups attached to an aromatic ring is 1. The molecule has 0 saturated carbocycles.